The third-order valence-corrected chi connectivity index (χ3v) is 2.47. The Morgan fingerprint density at radius 1 is 1.17 bits per heavy atom. The molecule has 0 amide bonds. The fourth-order valence-corrected chi connectivity index (χ4v) is 1.58. The summed E-state index contributed by atoms with van der Waals surface area (Å²) in [4.78, 5) is 1.21. The van der Waals surface area contributed by atoms with Crippen molar-refractivity contribution in [1.29, 1.82) is 0 Å². The smallest absolute Gasteiger partial charge is 0.162 e. The van der Waals surface area contributed by atoms with Crippen LogP contribution >= 0.6 is 11.8 Å². The van der Waals surface area contributed by atoms with E-state index in [0.29, 0.717) is 13.2 Å². The molecule has 1 aliphatic heterocycles. The second-order valence-corrected chi connectivity index (χ2v) is 3.39. The molecule has 0 radical (unpaired) electrons. The van der Waals surface area contributed by atoms with Crippen molar-refractivity contribution in [2.45, 2.75) is 4.90 Å². The first-order chi connectivity index (χ1) is 5.90. The van der Waals surface area contributed by atoms with Gasteiger partial charge in [0.1, 0.15) is 13.2 Å². The van der Waals surface area contributed by atoms with Crippen LogP contribution in [0.4, 0.5) is 0 Å². The van der Waals surface area contributed by atoms with Gasteiger partial charge in [-0.15, -0.1) is 11.8 Å². The minimum Gasteiger partial charge on any atom is -0.486 e. The Balaban J connectivity index is 2.36. The number of hydrogen-bond acceptors (Lipinski definition) is 3. The Kier molecular flexibility index (Phi) is 2.13. The van der Waals surface area contributed by atoms with E-state index in [1.807, 2.05) is 24.5 Å². The van der Waals surface area contributed by atoms with Crippen LogP contribution in [-0.4, -0.2) is 19.5 Å². The van der Waals surface area contributed by atoms with Gasteiger partial charge in [-0.25, -0.2) is 0 Å². The fourth-order valence-electron chi connectivity index (χ4n) is 1.15. The van der Waals surface area contributed by atoms with Crippen molar-refractivity contribution in [1.82, 2.24) is 0 Å². The van der Waals surface area contributed by atoms with Crippen LogP contribution in [0.25, 0.3) is 0 Å². The molecular formula is C9H10O2S. The molecule has 0 aliphatic carbocycles. The molecule has 0 N–H and O–H groups in total. The number of fused-ring (bicyclic) bond motifs is 1. The highest BCUT2D eigenvalue weighted by molar-refractivity contribution is 7.98. The lowest BCUT2D eigenvalue weighted by Gasteiger charge is -2.18. The average molecular weight is 182 g/mol. The number of hydrogen-bond donors (Lipinski definition) is 0. The van der Waals surface area contributed by atoms with Gasteiger partial charge in [0.05, 0.1) is 0 Å². The monoisotopic (exact) mass is 182 g/mol. The zero-order valence-corrected chi connectivity index (χ0v) is 7.69. The quantitative estimate of drug-likeness (QED) is 0.620. The molecule has 0 spiro atoms. The number of thioether (sulfide) groups is 1. The van der Waals surface area contributed by atoms with Gasteiger partial charge in [0.25, 0.3) is 0 Å². The summed E-state index contributed by atoms with van der Waals surface area (Å²) in [5.41, 5.74) is 0. The molecule has 0 atom stereocenters. The van der Waals surface area contributed by atoms with Crippen molar-refractivity contribution < 1.29 is 9.47 Å². The van der Waals surface area contributed by atoms with E-state index >= 15 is 0 Å². The van der Waals surface area contributed by atoms with Crippen molar-refractivity contribution in [2.75, 3.05) is 19.5 Å². The maximum atomic E-state index is 5.43. The van der Waals surface area contributed by atoms with E-state index in [4.69, 9.17) is 9.47 Å². The Morgan fingerprint density at radius 3 is 2.67 bits per heavy atom. The first-order valence-electron chi connectivity index (χ1n) is 3.84. The van der Waals surface area contributed by atoms with Crippen LogP contribution in [0.2, 0.25) is 0 Å². The lowest BCUT2D eigenvalue weighted by Crippen LogP contribution is -2.15. The first kappa shape index (κ1) is 7.80. The van der Waals surface area contributed by atoms with Gasteiger partial charge in [-0.1, -0.05) is 0 Å². The van der Waals surface area contributed by atoms with Crippen LogP contribution in [0.3, 0.4) is 0 Å². The standard InChI is InChI=1S/C9H10O2S/c1-12-7-2-3-8-9(6-7)11-5-4-10-8/h2-3,6H,4-5H2,1H3. The maximum Gasteiger partial charge on any atom is 0.162 e. The summed E-state index contributed by atoms with van der Waals surface area (Å²) in [6.07, 6.45) is 2.05. The van der Waals surface area contributed by atoms with Crippen molar-refractivity contribution in [3.8, 4) is 11.5 Å². The molecule has 0 saturated heterocycles. The second kappa shape index (κ2) is 3.27. The molecule has 0 bridgehead atoms. The van der Waals surface area contributed by atoms with Crippen LogP contribution in [0.15, 0.2) is 23.1 Å². The fraction of sp³-hybridized carbons (Fsp3) is 0.333. The van der Waals surface area contributed by atoms with Gasteiger partial charge in [-0.2, -0.15) is 0 Å². The van der Waals surface area contributed by atoms with E-state index in [9.17, 15) is 0 Å². The molecule has 2 nitrogen and oxygen atoms in total. The van der Waals surface area contributed by atoms with Crippen molar-refractivity contribution in [3.63, 3.8) is 0 Å². The van der Waals surface area contributed by atoms with Gasteiger partial charge in [0, 0.05) is 4.90 Å². The van der Waals surface area contributed by atoms with Gasteiger partial charge in [0.2, 0.25) is 0 Å². The molecule has 0 fully saturated rings. The van der Waals surface area contributed by atoms with Crippen LogP contribution in [0, 0.1) is 0 Å². The summed E-state index contributed by atoms with van der Waals surface area (Å²) in [5.74, 6) is 1.73. The summed E-state index contributed by atoms with van der Waals surface area (Å²) in [7, 11) is 0. The molecule has 64 valence electrons. The number of rotatable bonds is 1. The molecule has 0 aromatic heterocycles. The van der Waals surface area contributed by atoms with Crippen LogP contribution < -0.4 is 9.47 Å². The van der Waals surface area contributed by atoms with Crippen LogP contribution in [0.1, 0.15) is 0 Å². The Bertz CT molecular complexity index is 286. The normalized spacial score (nSPS) is 14.4. The Morgan fingerprint density at radius 2 is 1.92 bits per heavy atom. The summed E-state index contributed by atoms with van der Waals surface area (Å²) in [6.45, 7) is 1.32. The minimum absolute atomic E-state index is 0.658. The predicted octanol–water partition coefficient (Wildman–Crippen LogP) is 2.18. The molecule has 1 aliphatic rings. The van der Waals surface area contributed by atoms with Gasteiger partial charge in [-0.05, 0) is 24.5 Å². The lowest BCUT2D eigenvalue weighted by molar-refractivity contribution is 0.171. The molecule has 1 heterocycles. The van der Waals surface area contributed by atoms with Crippen molar-refractivity contribution in [3.05, 3.63) is 18.2 Å². The topological polar surface area (TPSA) is 18.5 Å². The molecule has 0 saturated carbocycles. The van der Waals surface area contributed by atoms with E-state index in [1.54, 1.807) is 11.8 Å². The highest BCUT2D eigenvalue weighted by Crippen LogP contribution is 2.33. The molecule has 1 aromatic carbocycles. The van der Waals surface area contributed by atoms with Gasteiger partial charge in [-0.3, -0.25) is 0 Å². The molecule has 3 heteroatoms. The first-order valence-corrected chi connectivity index (χ1v) is 5.06. The molecule has 2 rings (SSSR count). The Hall–Kier alpha value is -0.830. The zero-order valence-electron chi connectivity index (χ0n) is 6.87. The van der Waals surface area contributed by atoms with E-state index < -0.39 is 0 Å². The maximum absolute atomic E-state index is 5.43. The molecule has 1 aromatic rings. The van der Waals surface area contributed by atoms with Gasteiger partial charge in [0.15, 0.2) is 11.5 Å². The van der Waals surface area contributed by atoms with Gasteiger partial charge < -0.3 is 9.47 Å². The van der Waals surface area contributed by atoms with Crippen LogP contribution in [0.5, 0.6) is 11.5 Å². The third-order valence-electron chi connectivity index (χ3n) is 1.75. The summed E-state index contributed by atoms with van der Waals surface area (Å²) >= 11 is 1.71. The molecule has 12 heavy (non-hydrogen) atoms. The average Bonchev–Trinajstić information content (AvgIpc) is 2.17. The molecular weight excluding hydrogens is 172 g/mol. The van der Waals surface area contributed by atoms with Crippen LogP contribution in [-0.2, 0) is 0 Å². The Labute approximate surface area is 75.9 Å². The largest absolute Gasteiger partial charge is 0.486 e. The summed E-state index contributed by atoms with van der Waals surface area (Å²) < 4.78 is 10.8. The highest BCUT2D eigenvalue weighted by atomic mass is 32.2. The predicted molar refractivity (Wildman–Crippen MR) is 49.2 cm³/mol. The second-order valence-electron chi connectivity index (χ2n) is 2.51. The lowest BCUT2D eigenvalue weighted by atomic mass is 10.3. The van der Waals surface area contributed by atoms with Gasteiger partial charge >= 0.3 is 0 Å². The van der Waals surface area contributed by atoms with E-state index in [1.165, 1.54) is 4.90 Å². The van der Waals surface area contributed by atoms with E-state index in [0.717, 1.165) is 11.5 Å². The van der Waals surface area contributed by atoms with Crippen molar-refractivity contribution >= 4 is 11.8 Å². The van der Waals surface area contributed by atoms with E-state index in [2.05, 4.69) is 0 Å². The van der Waals surface area contributed by atoms with E-state index in [-0.39, 0.29) is 0 Å². The SMILES string of the molecule is CSc1ccc2c(c1)OCCO2. The summed E-state index contributed by atoms with van der Waals surface area (Å²) in [5, 5.41) is 0. The minimum atomic E-state index is 0.658. The zero-order chi connectivity index (χ0) is 8.39. The van der Waals surface area contributed by atoms with Crippen molar-refractivity contribution in [2.24, 2.45) is 0 Å². The summed E-state index contributed by atoms with van der Waals surface area (Å²) in [6, 6.07) is 6.01. The third kappa shape index (κ3) is 1.37. The molecule has 0 unspecified atom stereocenters. The number of benzene rings is 1. The number of ether oxygens (including phenoxy) is 2. The highest BCUT2D eigenvalue weighted by Gasteiger charge is 2.10.